The molecule has 0 unspecified atom stereocenters. The third-order valence-electron chi connectivity index (χ3n) is 4.22. The van der Waals surface area contributed by atoms with Crippen molar-refractivity contribution in [3.05, 3.63) is 66.2 Å². The fraction of sp³-hybridized carbons (Fsp3) is 0.250. The van der Waals surface area contributed by atoms with E-state index in [0.717, 1.165) is 37.5 Å². The van der Waals surface area contributed by atoms with Crippen LogP contribution in [0.3, 0.4) is 0 Å². The Bertz CT molecular complexity index is 705. The van der Waals surface area contributed by atoms with Gasteiger partial charge in [0.2, 0.25) is 5.91 Å². The van der Waals surface area contributed by atoms with Crippen LogP contribution in [0, 0.1) is 0 Å². The Morgan fingerprint density at radius 2 is 1.75 bits per heavy atom. The van der Waals surface area contributed by atoms with Crippen molar-refractivity contribution >= 4 is 17.7 Å². The predicted molar refractivity (Wildman–Crippen MR) is 97.3 cm³/mol. The molecule has 0 atom stereocenters. The van der Waals surface area contributed by atoms with Crippen molar-refractivity contribution in [1.29, 1.82) is 0 Å². The second-order valence-corrected chi connectivity index (χ2v) is 5.76. The lowest BCUT2D eigenvalue weighted by Crippen LogP contribution is -2.48. The fourth-order valence-electron chi connectivity index (χ4n) is 2.84. The van der Waals surface area contributed by atoms with Crippen molar-refractivity contribution in [2.24, 2.45) is 0 Å². The number of carbonyl (C=O) groups excluding carboxylic acids is 1. The second-order valence-electron chi connectivity index (χ2n) is 5.76. The van der Waals surface area contributed by atoms with E-state index in [1.54, 1.807) is 13.2 Å². The largest absolute Gasteiger partial charge is 0.497 e. The third-order valence-corrected chi connectivity index (χ3v) is 4.22. The van der Waals surface area contributed by atoms with Gasteiger partial charge in [0.1, 0.15) is 5.75 Å². The Labute approximate surface area is 143 Å². The molecule has 2 aromatic rings. The quantitative estimate of drug-likeness (QED) is 0.811. The number of ether oxygens (including phenoxy) is 1. The maximum Gasteiger partial charge on any atom is 0.246 e. The topological polar surface area (TPSA) is 32.8 Å². The zero-order valence-corrected chi connectivity index (χ0v) is 13.9. The number of rotatable bonds is 4. The Hall–Kier alpha value is -2.75. The standard InChI is InChI=1S/C20H22N2O2/c1-24-19-9-5-6-17(16-19)10-11-20(23)22-14-12-21(13-15-22)18-7-3-2-4-8-18/h2-11,16H,12-15H2,1H3/b11-10+. The van der Waals surface area contributed by atoms with Crippen LogP contribution in [0.25, 0.3) is 6.08 Å². The fourth-order valence-corrected chi connectivity index (χ4v) is 2.84. The Balaban J connectivity index is 1.56. The van der Waals surface area contributed by atoms with E-state index in [0.29, 0.717) is 0 Å². The number of carbonyl (C=O) groups is 1. The summed E-state index contributed by atoms with van der Waals surface area (Å²) in [5, 5.41) is 0. The molecule has 2 aromatic carbocycles. The minimum atomic E-state index is 0.0607. The lowest BCUT2D eigenvalue weighted by molar-refractivity contribution is -0.126. The molecule has 0 aliphatic carbocycles. The van der Waals surface area contributed by atoms with Gasteiger partial charge in [-0.05, 0) is 35.9 Å². The van der Waals surface area contributed by atoms with Gasteiger partial charge in [0.15, 0.2) is 0 Å². The molecule has 0 bridgehead atoms. The Morgan fingerprint density at radius 1 is 1.00 bits per heavy atom. The number of benzene rings is 2. The van der Waals surface area contributed by atoms with Crippen molar-refractivity contribution in [1.82, 2.24) is 4.90 Å². The summed E-state index contributed by atoms with van der Waals surface area (Å²) in [4.78, 5) is 16.6. The van der Waals surface area contributed by atoms with E-state index < -0.39 is 0 Å². The summed E-state index contributed by atoms with van der Waals surface area (Å²) < 4.78 is 5.20. The van der Waals surface area contributed by atoms with E-state index in [9.17, 15) is 4.79 Å². The molecule has 24 heavy (non-hydrogen) atoms. The van der Waals surface area contributed by atoms with Gasteiger partial charge < -0.3 is 14.5 Å². The molecule has 124 valence electrons. The number of para-hydroxylation sites is 1. The van der Waals surface area contributed by atoms with Crippen LogP contribution in [0.1, 0.15) is 5.56 Å². The molecule has 3 rings (SSSR count). The van der Waals surface area contributed by atoms with Crippen LogP contribution >= 0.6 is 0 Å². The number of amides is 1. The lowest BCUT2D eigenvalue weighted by atomic mass is 10.2. The maximum absolute atomic E-state index is 12.4. The van der Waals surface area contributed by atoms with Gasteiger partial charge in [0.25, 0.3) is 0 Å². The maximum atomic E-state index is 12.4. The van der Waals surface area contributed by atoms with Crippen LogP contribution in [0.5, 0.6) is 5.75 Å². The second kappa shape index (κ2) is 7.68. The normalized spacial score (nSPS) is 14.9. The molecule has 1 amide bonds. The minimum absolute atomic E-state index is 0.0607. The molecule has 0 aromatic heterocycles. The summed E-state index contributed by atoms with van der Waals surface area (Å²) in [6.45, 7) is 3.22. The highest BCUT2D eigenvalue weighted by Gasteiger charge is 2.19. The predicted octanol–water partition coefficient (Wildman–Crippen LogP) is 3.06. The average molecular weight is 322 g/mol. The molecule has 1 heterocycles. The highest BCUT2D eigenvalue weighted by Crippen LogP contribution is 2.16. The number of nitrogens with zero attached hydrogens (tertiary/aromatic N) is 2. The van der Waals surface area contributed by atoms with Crippen LogP contribution < -0.4 is 9.64 Å². The lowest BCUT2D eigenvalue weighted by Gasteiger charge is -2.35. The van der Waals surface area contributed by atoms with Crippen LogP contribution in [-0.4, -0.2) is 44.1 Å². The monoisotopic (exact) mass is 322 g/mol. The molecule has 1 aliphatic rings. The van der Waals surface area contributed by atoms with Crippen molar-refractivity contribution in [2.75, 3.05) is 38.2 Å². The van der Waals surface area contributed by atoms with Gasteiger partial charge in [-0.1, -0.05) is 30.3 Å². The minimum Gasteiger partial charge on any atom is -0.497 e. The number of anilines is 1. The van der Waals surface area contributed by atoms with Gasteiger partial charge in [-0.25, -0.2) is 0 Å². The molecule has 4 nitrogen and oxygen atoms in total. The molecule has 1 fully saturated rings. The van der Waals surface area contributed by atoms with E-state index in [4.69, 9.17) is 4.74 Å². The first-order valence-corrected chi connectivity index (χ1v) is 8.17. The highest BCUT2D eigenvalue weighted by atomic mass is 16.5. The van der Waals surface area contributed by atoms with Crippen molar-refractivity contribution < 1.29 is 9.53 Å². The molecular formula is C20H22N2O2. The van der Waals surface area contributed by atoms with Crippen molar-refractivity contribution in [2.45, 2.75) is 0 Å². The number of piperazine rings is 1. The average Bonchev–Trinajstić information content (AvgIpc) is 2.67. The number of methoxy groups -OCH3 is 1. The molecule has 0 spiro atoms. The summed E-state index contributed by atoms with van der Waals surface area (Å²) >= 11 is 0. The molecule has 1 saturated heterocycles. The van der Waals surface area contributed by atoms with Crippen LogP contribution in [0.15, 0.2) is 60.7 Å². The molecule has 1 aliphatic heterocycles. The van der Waals surface area contributed by atoms with Crippen molar-refractivity contribution in [3.8, 4) is 5.75 Å². The summed E-state index contributed by atoms with van der Waals surface area (Å²) in [6.07, 6.45) is 3.49. The summed E-state index contributed by atoms with van der Waals surface area (Å²) in [6, 6.07) is 18.0. The molecule has 4 heteroatoms. The number of hydrogen-bond donors (Lipinski definition) is 0. The third kappa shape index (κ3) is 3.96. The van der Waals surface area contributed by atoms with Gasteiger partial charge in [-0.2, -0.15) is 0 Å². The van der Waals surface area contributed by atoms with E-state index in [1.165, 1.54) is 5.69 Å². The molecule has 0 saturated carbocycles. The highest BCUT2D eigenvalue weighted by molar-refractivity contribution is 5.92. The summed E-state index contributed by atoms with van der Waals surface area (Å²) in [5.74, 6) is 0.853. The first-order valence-electron chi connectivity index (χ1n) is 8.17. The van der Waals surface area contributed by atoms with Crippen LogP contribution in [0.2, 0.25) is 0 Å². The molecule has 0 radical (unpaired) electrons. The van der Waals surface area contributed by atoms with Gasteiger partial charge in [0, 0.05) is 37.9 Å². The van der Waals surface area contributed by atoms with Gasteiger partial charge in [-0.15, -0.1) is 0 Å². The Kier molecular flexibility index (Phi) is 5.16. The van der Waals surface area contributed by atoms with E-state index in [-0.39, 0.29) is 5.91 Å². The first-order chi connectivity index (χ1) is 11.8. The van der Waals surface area contributed by atoms with E-state index >= 15 is 0 Å². The van der Waals surface area contributed by atoms with Gasteiger partial charge in [0.05, 0.1) is 7.11 Å². The Morgan fingerprint density at radius 3 is 2.46 bits per heavy atom. The summed E-state index contributed by atoms with van der Waals surface area (Å²) in [7, 11) is 1.64. The van der Waals surface area contributed by atoms with E-state index in [2.05, 4.69) is 17.0 Å². The summed E-state index contributed by atoms with van der Waals surface area (Å²) in [5.41, 5.74) is 2.18. The molecule has 0 N–H and O–H groups in total. The number of hydrogen-bond acceptors (Lipinski definition) is 3. The van der Waals surface area contributed by atoms with Crippen molar-refractivity contribution in [3.63, 3.8) is 0 Å². The van der Waals surface area contributed by atoms with Crippen LogP contribution in [0.4, 0.5) is 5.69 Å². The first kappa shape index (κ1) is 16.1. The van der Waals surface area contributed by atoms with Gasteiger partial charge >= 0.3 is 0 Å². The zero-order chi connectivity index (χ0) is 16.8. The SMILES string of the molecule is COc1cccc(/C=C/C(=O)N2CCN(c3ccccc3)CC2)c1. The zero-order valence-electron chi connectivity index (χ0n) is 13.9. The van der Waals surface area contributed by atoms with Gasteiger partial charge in [-0.3, -0.25) is 4.79 Å². The smallest absolute Gasteiger partial charge is 0.246 e. The molecular weight excluding hydrogens is 300 g/mol. The van der Waals surface area contributed by atoms with E-state index in [1.807, 2.05) is 53.4 Å². The van der Waals surface area contributed by atoms with Crippen LogP contribution in [-0.2, 0) is 4.79 Å².